The summed E-state index contributed by atoms with van der Waals surface area (Å²) in [5.41, 5.74) is 0. The molecule has 0 saturated carbocycles. The van der Waals surface area contributed by atoms with Crippen molar-refractivity contribution in [1.29, 1.82) is 0 Å². The van der Waals surface area contributed by atoms with Crippen LogP contribution < -0.4 is 0 Å². The van der Waals surface area contributed by atoms with Gasteiger partial charge in [-0.3, -0.25) is 0 Å². The number of hydrogen-bond acceptors (Lipinski definition) is 5. The first-order valence-corrected chi connectivity index (χ1v) is 10.5. The summed E-state index contributed by atoms with van der Waals surface area (Å²) in [6, 6.07) is 0.0340. The van der Waals surface area contributed by atoms with Crippen LogP contribution in [0.3, 0.4) is 0 Å². The van der Waals surface area contributed by atoms with Gasteiger partial charge in [-0.1, -0.05) is 0 Å². The highest BCUT2D eigenvalue weighted by Crippen LogP contribution is 2.33. The Labute approximate surface area is 139 Å². The highest BCUT2D eigenvalue weighted by molar-refractivity contribution is 7.89. The summed E-state index contributed by atoms with van der Waals surface area (Å²) < 4.78 is 43.2. The molecule has 6 nitrogen and oxygen atoms in total. The third kappa shape index (κ3) is 4.25. The van der Waals surface area contributed by atoms with E-state index in [1.165, 1.54) is 0 Å². The van der Waals surface area contributed by atoms with E-state index in [-0.39, 0.29) is 24.0 Å². The number of hydrogen-bond donors (Lipinski definition) is 0. The predicted octanol–water partition coefficient (Wildman–Crippen LogP) is 1.40. The first kappa shape index (κ1) is 17.6. The molecule has 3 aliphatic heterocycles. The van der Waals surface area contributed by atoms with E-state index in [9.17, 15) is 8.42 Å². The van der Waals surface area contributed by atoms with E-state index in [1.54, 1.807) is 11.2 Å². The molecule has 0 aliphatic carbocycles. The van der Waals surface area contributed by atoms with Crippen molar-refractivity contribution in [2.75, 3.05) is 38.7 Å². The summed E-state index contributed by atoms with van der Waals surface area (Å²) in [5.74, 6) is 0.783. The van der Waals surface area contributed by atoms with Crippen LogP contribution in [-0.2, 0) is 24.2 Å². The summed E-state index contributed by atoms with van der Waals surface area (Å²) in [4.78, 5) is 0. The van der Waals surface area contributed by atoms with Gasteiger partial charge in [0.15, 0.2) is 0 Å². The summed E-state index contributed by atoms with van der Waals surface area (Å²) in [7, 11) is -3.11. The Morgan fingerprint density at radius 1 is 1.09 bits per heavy atom. The molecule has 3 atom stereocenters. The van der Waals surface area contributed by atoms with Crippen LogP contribution in [0.5, 0.6) is 0 Å². The van der Waals surface area contributed by atoms with Gasteiger partial charge in [-0.15, -0.1) is 0 Å². The first-order valence-electron chi connectivity index (χ1n) is 8.90. The molecule has 3 fully saturated rings. The maximum Gasteiger partial charge on any atom is 0.214 e. The van der Waals surface area contributed by atoms with E-state index in [4.69, 9.17) is 14.2 Å². The number of sulfonamides is 1. The van der Waals surface area contributed by atoms with Crippen molar-refractivity contribution < 1.29 is 22.6 Å². The smallest absolute Gasteiger partial charge is 0.214 e. The van der Waals surface area contributed by atoms with Crippen molar-refractivity contribution >= 4 is 10.0 Å². The lowest BCUT2D eigenvalue weighted by atomic mass is 10.00. The number of fused-ring (bicyclic) bond motifs is 1. The summed E-state index contributed by atoms with van der Waals surface area (Å²) >= 11 is 0. The van der Waals surface area contributed by atoms with E-state index in [0.717, 1.165) is 51.9 Å². The van der Waals surface area contributed by atoms with Crippen LogP contribution in [0.15, 0.2) is 0 Å². The molecular formula is C16H29NO5S. The first-order chi connectivity index (χ1) is 11.1. The van der Waals surface area contributed by atoms with Gasteiger partial charge >= 0.3 is 0 Å². The van der Waals surface area contributed by atoms with Crippen LogP contribution in [0.4, 0.5) is 0 Å². The SMILES string of the molecule is CCS(=O)(=O)N1CC[C@@H]2O[C@@H](COCC3CCOCC3)CC[C@@H]21. The topological polar surface area (TPSA) is 65.1 Å². The zero-order valence-electron chi connectivity index (χ0n) is 14.0. The van der Waals surface area contributed by atoms with E-state index in [0.29, 0.717) is 19.1 Å². The van der Waals surface area contributed by atoms with Gasteiger partial charge in [0.1, 0.15) is 0 Å². The zero-order chi connectivity index (χ0) is 16.3. The van der Waals surface area contributed by atoms with Crippen LogP contribution >= 0.6 is 0 Å². The Hall–Kier alpha value is -0.210. The lowest BCUT2D eigenvalue weighted by molar-refractivity contribution is -0.0997. The largest absolute Gasteiger partial charge is 0.381 e. The third-order valence-electron chi connectivity index (χ3n) is 5.30. The number of ether oxygens (including phenoxy) is 3. The number of rotatable bonds is 6. The molecule has 3 heterocycles. The molecule has 0 N–H and O–H groups in total. The van der Waals surface area contributed by atoms with Crippen LogP contribution in [0.2, 0.25) is 0 Å². The molecule has 23 heavy (non-hydrogen) atoms. The van der Waals surface area contributed by atoms with Crippen molar-refractivity contribution in [3.8, 4) is 0 Å². The van der Waals surface area contributed by atoms with Crippen molar-refractivity contribution in [1.82, 2.24) is 4.31 Å². The van der Waals surface area contributed by atoms with E-state index in [1.807, 2.05) is 0 Å². The average Bonchev–Trinajstić information content (AvgIpc) is 3.00. The molecule has 0 spiro atoms. The van der Waals surface area contributed by atoms with Gasteiger partial charge in [0.05, 0.1) is 30.6 Å². The lowest BCUT2D eigenvalue weighted by Gasteiger charge is -2.35. The van der Waals surface area contributed by atoms with E-state index < -0.39 is 10.0 Å². The predicted molar refractivity (Wildman–Crippen MR) is 86.8 cm³/mol. The van der Waals surface area contributed by atoms with Crippen LogP contribution in [0.1, 0.15) is 39.0 Å². The maximum absolute atomic E-state index is 12.1. The van der Waals surface area contributed by atoms with Crippen molar-refractivity contribution in [3.63, 3.8) is 0 Å². The Kier molecular flexibility index (Phi) is 5.96. The molecular weight excluding hydrogens is 318 g/mol. The van der Waals surface area contributed by atoms with Crippen molar-refractivity contribution in [2.45, 2.75) is 57.3 Å². The molecule has 0 bridgehead atoms. The molecule has 0 radical (unpaired) electrons. The highest BCUT2D eigenvalue weighted by atomic mass is 32.2. The van der Waals surface area contributed by atoms with Gasteiger partial charge in [-0.05, 0) is 44.9 Å². The fourth-order valence-corrected chi connectivity index (χ4v) is 5.24. The van der Waals surface area contributed by atoms with Crippen LogP contribution in [0.25, 0.3) is 0 Å². The standard InChI is InChI=1S/C16H29NO5S/c1-2-23(18,19)17-8-5-16-15(17)4-3-14(22-16)12-21-11-13-6-9-20-10-7-13/h13-16H,2-12H2,1H3/t14-,15+,16+/m1/s1. The quantitative estimate of drug-likeness (QED) is 0.727. The summed E-state index contributed by atoms with van der Waals surface area (Å²) in [5, 5.41) is 0. The van der Waals surface area contributed by atoms with Crippen molar-refractivity contribution in [2.24, 2.45) is 5.92 Å². The number of nitrogens with zero attached hydrogens (tertiary/aromatic N) is 1. The highest BCUT2D eigenvalue weighted by Gasteiger charge is 2.44. The molecule has 134 valence electrons. The second-order valence-electron chi connectivity index (χ2n) is 6.83. The normalized spacial score (nSPS) is 33.7. The van der Waals surface area contributed by atoms with Gasteiger partial charge < -0.3 is 14.2 Å². The van der Waals surface area contributed by atoms with Gasteiger partial charge in [0.25, 0.3) is 0 Å². The van der Waals surface area contributed by atoms with Gasteiger partial charge in [-0.25, -0.2) is 8.42 Å². The molecule has 0 aromatic rings. The van der Waals surface area contributed by atoms with Crippen LogP contribution in [-0.4, -0.2) is 69.7 Å². The zero-order valence-corrected chi connectivity index (χ0v) is 14.8. The molecule has 3 rings (SSSR count). The van der Waals surface area contributed by atoms with Gasteiger partial charge in [-0.2, -0.15) is 4.31 Å². The molecule has 3 aliphatic rings. The molecule has 0 amide bonds. The molecule has 0 aromatic heterocycles. The van der Waals surface area contributed by atoms with E-state index in [2.05, 4.69) is 0 Å². The average molecular weight is 347 g/mol. The van der Waals surface area contributed by atoms with Gasteiger partial charge in [0.2, 0.25) is 10.0 Å². The molecule has 0 unspecified atom stereocenters. The second kappa shape index (κ2) is 7.78. The lowest BCUT2D eigenvalue weighted by Crippen LogP contribution is -2.46. The van der Waals surface area contributed by atoms with E-state index >= 15 is 0 Å². The fraction of sp³-hybridized carbons (Fsp3) is 1.00. The maximum atomic E-state index is 12.1. The Morgan fingerprint density at radius 2 is 1.87 bits per heavy atom. The molecule has 3 saturated heterocycles. The second-order valence-corrected chi connectivity index (χ2v) is 9.04. The summed E-state index contributed by atoms with van der Waals surface area (Å²) in [6.45, 7) is 5.41. The molecule has 7 heteroatoms. The summed E-state index contributed by atoms with van der Waals surface area (Å²) in [6.07, 6.45) is 4.89. The molecule has 0 aromatic carbocycles. The minimum atomic E-state index is -3.11. The minimum Gasteiger partial charge on any atom is -0.381 e. The third-order valence-corrected chi connectivity index (χ3v) is 7.20. The Morgan fingerprint density at radius 3 is 2.61 bits per heavy atom. The minimum absolute atomic E-state index is 0.0340. The fourth-order valence-electron chi connectivity index (χ4n) is 3.87. The monoisotopic (exact) mass is 347 g/mol. The van der Waals surface area contributed by atoms with Crippen molar-refractivity contribution in [3.05, 3.63) is 0 Å². The van der Waals surface area contributed by atoms with Gasteiger partial charge in [0, 0.05) is 26.4 Å². The Balaban J connectivity index is 1.42. The van der Waals surface area contributed by atoms with Crippen LogP contribution in [0, 0.1) is 5.92 Å². The Bertz CT molecular complexity index is 477.